The monoisotopic (exact) mass is 366 g/mol. The fourth-order valence-electron chi connectivity index (χ4n) is 3.19. The number of aryl methyl sites for hydroxylation is 1. The van der Waals surface area contributed by atoms with Crippen molar-refractivity contribution in [2.45, 2.75) is 32.2 Å². The van der Waals surface area contributed by atoms with Gasteiger partial charge >= 0.3 is 0 Å². The van der Waals surface area contributed by atoms with E-state index in [9.17, 15) is 8.42 Å². The summed E-state index contributed by atoms with van der Waals surface area (Å²) in [5.74, 6) is 0. The Morgan fingerprint density at radius 3 is 2.92 bits per heavy atom. The largest absolute Gasteiger partial charge is 0.385 e. The molecule has 0 saturated carbocycles. The van der Waals surface area contributed by atoms with Crippen LogP contribution in [0.15, 0.2) is 23.6 Å². The summed E-state index contributed by atoms with van der Waals surface area (Å²) in [7, 11) is -1.54. The van der Waals surface area contributed by atoms with Crippen LogP contribution in [0.3, 0.4) is 0 Å². The van der Waals surface area contributed by atoms with Gasteiger partial charge in [0.25, 0.3) is 0 Å². The zero-order valence-electron chi connectivity index (χ0n) is 14.2. The number of methoxy groups -OCH3 is 1. The van der Waals surface area contributed by atoms with E-state index in [1.54, 1.807) is 18.4 Å². The number of hydrogen-bond donors (Lipinski definition) is 0. The summed E-state index contributed by atoms with van der Waals surface area (Å²) >= 11 is 1.66. The van der Waals surface area contributed by atoms with E-state index >= 15 is 0 Å². The molecule has 0 aliphatic carbocycles. The maximum absolute atomic E-state index is 12.0. The molecular weight excluding hydrogens is 344 g/mol. The molecule has 1 atom stereocenters. The van der Waals surface area contributed by atoms with Gasteiger partial charge in [-0.3, -0.25) is 4.31 Å². The van der Waals surface area contributed by atoms with Crippen LogP contribution < -0.4 is 4.31 Å². The van der Waals surface area contributed by atoms with Gasteiger partial charge in [-0.1, -0.05) is 6.07 Å². The zero-order valence-corrected chi connectivity index (χ0v) is 15.8. The van der Waals surface area contributed by atoms with E-state index in [1.165, 1.54) is 10.6 Å². The van der Waals surface area contributed by atoms with Crippen LogP contribution >= 0.6 is 11.3 Å². The van der Waals surface area contributed by atoms with Crippen molar-refractivity contribution in [2.75, 3.05) is 24.3 Å². The van der Waals surface area contributed by atoms with Crippen LogP contribution in [-0.2, 0) is 27.6 Å². The van der Waals surface area contributed by atoms with Crippen LogP contribution in [-0.4, -0.2) is 39.4 Å². The molecule has 1 aliphatic heterocycles. The van der Waals surface area contributed by atoms with E-state index in [4.69, 9.17) is 9.72 Å². The SMILES string of the molecule is COCCCc1nc(-c2ccc3c(c2)CC(C)N3S(C)(=O)=O)cs1. The third-order valence-corrected chi connectivity index (χ3v) is 6.36. The Balaban J connectivity index is 1.84. The van der Waals surface area contributed by atoms with Gasteiger partial charge in [-0.15, -0.1) is 11.3 Å². The molecule has 0 amide bonds. The first-order chi connectivity index (χ1) is 11.4. The van der Waals surface area contributed by atoms with Crippen molar-refractivity contribution in [1.29, 1.82) is 0 Å². The lowest BCUT2D eigenvalue weighted by atomic mass is 10.1. The third kappa shape index (κ3) is 3.48. The van der Waals surface area contributed by atoms with Crippen molar-refractivity contribution >= 4 is 27.0 Å². The smallest absolute Gasteiger partial charge is 0.232 e. The number of rotatable bonds is 6. The van der Waals surface area contributed by atoms with Gasteiger partial charge in [0, 0.05) is 37.1 Å². The Hall–Kier alpha value is -1.44. The van der Waals surface area contributed by atoms with Gasteiger partial charge in [0.1, 0.15) is 0 Å². The van der Waals surface area contributed by atoms with Crippen LogP contribution in [0.2, 0.25) is 0 Å². The zero-order chi connectivity index (χ0) is 17.3. The molecule has 24 heavy (non-hydrogen) atoms. The van der Waals surface area contributed by atoms with Crippen LogP contribution in [0.1, 0.15) is 23.9 Å². The van der Waals surface area contributed by atoms with Gasteiger partial charge in [-0.2, -0.15) is 0 Å². The van der Waals surface area contributed by atoms with Gasteiger partial charge in [0.2, 0.25) is 10.0 Å². The average Bonchev–Trinajstić information content (AvgIpc) is 3.09. The second-order valence-corrected chi connectivity index (χ2v) is 8.98. The molecule has 0 radical (unpaired) electrons. The molecule has 2 heterocycles. The Morgan fingerprint density at radius 2 is 2.21 bits per heavy atom. The summed E-state index contributed by atoms with van der Waals surface area (Å²) in [6.07, 6.45) is 3.89. The second-order valence-electron chi connectivity index (χ2n) is 6.18. The molecule has 5 nitrogen and oxygen atoms in total. The van der Waals surface area contributed by atoms with Crippen LogP contribution in [0.4, 0.5) is 5.69 Å². The van der Waals surface area contributed by atoms with Crippen molar-refractivity contribution in [1.82, 2.24) is 4.98 Å². The molecule has 7 heteroatoms. The molecule has 0 spiro atoms. The molecule has 130 valence electrons. The topological polar surface area (TPSA) is 59.5 Å². The minimum absolute atomic E-state index is 0.0368. The molecule has 1 unspecified atom stereocenters. The van der Waals surface area contributed by atoms with Crippen LogP contribution in [0.25, 0.3) is 11.3 Å². The lowest BCUT2D eigenvalue weighted by molar-refractivity contribution is 0.195. The van der Waals surface area contributed by atoms with Crippen molar-refractivity contribution in [3.63, 3.8) is 0 Å². The summed E-state index contributed by atoms with van der Waals surface area (Å²) in [6, 6.07) is 5.90. The number of nitrogens with zero attached hydrogens (tertiary/aromatic N) is 2. The van der Waals surface area contributed by atoms with Gasteiger partial charge in [-0.25, -0.2) is 13.4 Å². The average molecular weight is 367 g/mol. The normalized spacial score (nSPS) is 17.3. The maximum Gasteiger partial charge on any atom is 0.232 e. The minimum Gasteiger partial charge on any atom is -0.385 e. The van der Waals surface area contributed by atoms with Crippen molar-refractivity contribution < 1.29 is 13.2 Å². The highest BCUT2D eigenvalue weighted by molar-refractivity contribution is 7.92. The Labute approximate surface area is 147 Å². The van der Waals surface area contributed by atoms with Crippen LogP contribution in [0, 0.1) is 0 Å². The third-order valence-electron chi connectivity index (χ3n) is 4.18. The van der Waals surface area contributed by atoms with E-state index in [2.05, 4.69) is 11.4 Å². The fraction of sp³-hybridized carbons (Fsp3) is 0.471. The van der Waals surface area contributed by atoms with Gasteiger partial charge in [0.05, 0.1) is 22.6 Å². The number of anilines is 1. The highest BCUT2D eigenvalue weighted by Gasteiger charge is 2.32. The van der Waals surface area contributed by atoms with Crippen molar-refractivity contribution in [2.24, 2.45) is 0 Å². The number of fused-ring (bicyclic) bond motifs is 1. The lowest BCUT2D eigenvalue weighted by Crippen LogP contribution is -2.34. The lowest BCUT2D eigenvalue weighted by Gasteiger charge is -2.21. The number of benzene rings is 1. The predicted octanol–water partition coefficient (Wildman–Crippen LogP) is 3.10. The summed E-state index contributed by atoms with van der Waals surface area (Å²) in [5, 5.41) is 3.17. The van der Waals surface area contributed by atoms with Gasteiger partial charge < -0.3 is 4.74 Å². The molecule has 0 saturated heterocycles. The highest BCUT2D eigenvalue weighted by atomic mass is 32.2. The van der Waals surface area contributed by atoms with E-state index < -0.39 is 10.0 Å². The fourth-order valence-corrected chi connectivity index (χ4v) is 5.31. The van der Waals surface area contributed by atoms with E-state index in [1.807, 2.05) is 19.1 Å². The first kappa shape index (κ1) is 17.4. The summed E-state index contributed by atoms with van der Waals surface area (Å²) < 4.78 is 30.6. The second kappa shape index (κ2) is 6.82. The maximum atomic E-state index is 12.0. The van der Waals surface area contributed by atoms with Crippen LogP contribution in [0.5, 0.6) is 0 Å². The van der Waals surface area contributed by atoms with E-state index in [0.29, 0.717) is 0 Å². The van der Waals surface area contributed by atoms with Crippen molar-refractivity contribution in [3.05, 3.63) is 34.2 Å². The summed E-state index contributed by atoms with van der Waals surface area (Å²) in [4.78, 5) is 4.70. The molecule has 3 rings (SSSR count). The van der Waals surface area contributed by atoms with E-state index in [0.717, 1.165) is 53.4 Å². The number of thiazole rings is 1. The minimum atomic E-state index is -3.24. The number of sulfonamides is 1. The molecule has 1 aromatic heterocycles. The molecule has 1 aromatic carbocycles. The molecule has 0 bridgehead atoms. The predicted molar refractivity (Wildman–Crippen MR) is 98.2 cm³/mol. The first-order valence-corrected chi connectivity index (χ1v) is 10.7. The Morgan fingerprint density at radius 1 is 1.42 bits per heavy atom. The highest BCUT2D eigenvalue weighted by Crippen LogP contribution is 2.37. The molecular formula is C17H22N2O3S2. The standard InChI is InChI=1S/C17H22N2O3S2/c1-12-9-14-10-13(6-7-16(14)19(12)24(3,20)21)15-11-23-17(18-15)5-4-8-22-2/h6-7,10-12H,4-5,8-9H2,1-3H3. The first-order valence-electron chi connectivity index (χ1n) is 7.96. The summed E-state index contributed by atoms with van der Waals surface area (Å²) in [5.41, 5.74) is 3.87. The summed E-state index contributed by atoms with van der Waals surface area (Å²) in [6.45, 7) is 2.68. The Bertz CT molecular complexity index is 830. The molecule has 0 fully saturated rings. The number of ether oxygens (including phenoxy) is 1. The number of hydrogen-bond acceptors (Lipinski definition) is 5. The van der Waals surface area contributed by atoms with E-state index in [-0.39, 0.29) is 6.04 Å². The Kier molecular flexibility index (Phi) is 4.94. The molecule has 1 aliphatic rings. The van der Waals surface area contributed by atoms with Crippen molar-refractivity contribution in [3.8, 4) is 11.3 Å². The van der Waals surface area contributed by atoms with Gasteiger partial charge in [-0.05, 0) is 37.5 Å². The molecule has 0 N–H and O–H groups in total. The van der Waals surface area contributed by atoms with Gasteiger partial charge in [0.15, 0.2) is 0 Å². The number of aromatic nitrogens is 1. The quantitative estimate of drug-likeness (QED) is 0.737. The molecule has 2 aromatic rings.